The summed E-state index contributed by atoms with van der Waals surface area (Å²) in [5, 5.41) is 8.81. The molecule has 1 rings (SSSR count). The van der Waals surface area contributed by atoms with E-state index in [1.807, 2.05) is 0 Å². The molecule has 1 N–H and O–H groups in total. The highest BCUT2D eigenvalue weighted by Gasteiger charge is 2.41. The third kappa shape index (κ3) is 3.88. The molecule has 1 aromatic rings. The van der Waals surface area contributed by atoms with Crippen molar-refractivity contribution in [2.75, 3.05) is 7.11 Å². The van der Waals surface area contributed by atoms with Gasteiger partial charge in [-0.3, -0.25) is 0 Å². The van der Waals surface area contributed by atoms with E-state index in [1.165, 1.54) is 0 Å². The lowest BCUT2D eigenvalue weighted by Gasteiger charge is -2.16. The van der Waals surface area contributed by atoms with E-state index < -0.39 is 42.0 Å². The molecule has 0 amide bonds. The number of aromatic nitrogens is 1. The molecular weight excluding hydrogens is 284 g/mol. The Balaban J connectivity index is 3.41. The number of methoxy groups -OCH3 is 1. The van der Waals surface area contributed by atoms with Crippen molar-refractivity contribution in [1.29, 1.82) is 0 Å². The number of pyridine rings is 1. The molecule has 0 saturated carbocycles. The van der Waals surface area contributed by atoms with Crippen LogP contribution < -0.4 is 9.47 Å². The van der Waals surface area contributed by atoms with Crippen LogP contribution in [0.1, 0.15) is 11.1 Å². The monoisotopic (exact) mass is 291 g/mol. The topological polar surface area (TPSA) is 51.6 Å². The van der Waals surface area contributed by atoms with Crippen LogP contribution >= 0.6 is 0 Å². The molecular formula is C9H7F6NO3. The fourth-order valence-electron chi connectivity index (χ4n) is 1.20. The van der Waals surface area contributed by atoms with E-state index in [4.69, 9.17) is 5.11 Å². The number of hydrogen-bond acceptors (Lipinski definition) is 4. The first-order chi connectivity index (χ1) is 8.58. The lowest BCUT2D eigenvalue weighted by molar-refractivity contribution is -0.278. The Hall–Kier alpha value is -1.71. The zero-order chi connectivity index (χ0) is 14.8. The molecule has 0 unspecified atom stereocenters. The Bertz CT molecular complexity index is 456. The van der Waals surface area contributed by atoms with E-state index in [9.17, 15) is 26.3 Å². The van der Waals surface area contributed by atoms with Crippen molar-refractivity contribution >= 4 is 0 Å². The highest BCUT2D eigenvalue weighted by molar-refractivity contribution is 5.39. The average Bonchev–Trinajstić information content (AvgIpc) is 2.24. The number of halogens is 6. The number of hydrogen-bond donors (Lipinski definition) is 1. The zero-order valence-corrected chi connectivity index (χ0v) is 9.26. The van der Waals surface area contributed by atoms with Crippen molar-refractivity contribution < 1.29 is 40.9 Å². The van der Waals surface area contributed by atoms with E-state index >= 15 is 0 Å². The molecule has 19 heavy (non-hydrogen) atoms. The van der Waals surface area contributed by atoms with Gasteiger partial charge in [-0.15, -0.1) is 13.2 Å². The number of aliphatic hydroxyl groups excluding tert-OH is 1. The number of alkyl halides is 6. The van der Waals surface area contributed by atoms with Gasteiger partial charge in [-0.1, -0.05) is 0 Å². The smallest absolute Gasteiger partial charge is 0.481 e. The molecule has 0 radical (unpaired) electrons. The molecule has 0 fully saturated rings. The van der Waals surface area contributed by atoms with E-state index in [-0.39, 0.29) is 6.07 Å². The van der Waals surface area contributed by atoms with Crippen molar-refractivity contribution in [3.63, 3.8) is 0 Å². The van der Waals surface area contributed by atoms with Crippen LogP contribution in [0.25, 0.3) is 0 Å². The molecule has 0 aliphatic heterocycles. The van der Waals surface area contributed by atoms with Crippen LogP contribution in [-0.4, -0.2) is 23.6 Å². The average molecular weight is 291 g/mol. The predicted octanol–water partition coefficient (Wildman–Crippen LogP) is 2.50. The molecule has 10 heteroatoms. The van der Waals surface area contributed by atoms with Crippen molar-refractivity contribution in [2.45, 2.75) is 19.1 Å². The van der Waals surface area contributed by atoms with Gasteiger partial charge in [0, 0.05) is 5.56 Å². The number of rotatable bonds is 3. The molecule has 0 spiro atoms. The minimum absolute atomic E-state index is 0.285. The van der Waals surface area contributed by atoms with Crippen molar-refractivity contribution in [1.82, 2.24) is 4.98 Å². The number of ether oxygens (including phenoxy) is 2. The van der Waals surface area contributed by atoms with Crippen LogP contribution in [0.4, 0.5) is 26.3 Å². The molecule has 0 saturated heterocycles. The normalized spacial score (nSPS) is 12.4. The van der Waals surface area contributed by atoms with Gasteiger partial charge in [-0.05, 0) is 6.07 Å². The van der Waals surface area contributed by atoms with E-state index in [0.29, 0.717) is 0 Å². The largest absolute Gasteiger partial charge is 0.574 e. The highest BCUT2D eigenvalue weighted by atomic mass is 19.4. The van der Waals surface area contributed by atoms with Gasteiger partial charge >= 0.3 is 12.5 Å². The van der Waals surface area contributed by atoms with E-state index in [0.717, 1.165) is 7.11 Å². The molecule has 1 heterocycles. The molecule has 0 aliphatic rings. The van der Waals surface area contributed by atoms with Crippen LogP contribution in [0.3, 0.4) is 0 Å². The Morgan fingerprint density at radius 1 is 1.16 bits per heavy atom. The van der Waals surface area contributed by atoms with Gasteiger partial charge in [0.25, 0.3) is 0 Å². The molecule has 0 atom stereocenters. The summed E-state index contributed by atoms with van der Waals surface area (Å²) in [6, 6.07) is 0.285. The quantitative estimate of drug-likeness (QED) is 0.869. The summed E-state index contributed by atoms with van der Waals surface area (Å²) in [6.45, 7) is -0.883. The second kappa shape index (κ2) is 5.11. The summed E-state index contributed by atoms with van der Waals surface area (Å²) in [7, 11) is 0.978. The van der Waals surface area contributed by atoms with Gasteiger partial charge in [0.15, 0.2) is 0 Å². The first-order valence-corrected chi connectivity index (χ1v) is 4.60. The van der Waals surface area contributed by atoms with Crippen LogP contribution in [0.5, 0.6) is 11.8 Å². The van der Waals surface area contributed by atoms with Gasteiger partial charge < -0.3 is 14.6 Å². The van der Waals surface area contributed by atoms with Gasteiger partial charge in [0.2, 0.25) is 11.8 Å². The van der Waals surface area contributed by atoms with Crippen LogP contribution in [0.15, 0.2) is 6.07 Å². The Morgan fingerprint density at radius 3 is 2.11 bits per heavy atom. The lowest BCUT2D eigenvalue weighted by Crippen LogP contribution is -2.21. The maximum Gasteiger partial charge on any atom is 0.574 e. The van der Waals surface area contributed by atoms with Gasteiger partial charge in [0.05, 0.1) is 13.7 Å². The third-order valence-corrected chi connectivity index (χ3v) is 1.91. The summed E-state index contributed by atoms with van der Waals surface area (Å²) < 4.78 is 81.4. The van der Waals surface area contributed by atoms with Crippen molar-refractivity contribution in [3.05, 3.63) is 17.2 Å². The SMILES string of the molecule is COc1nc(OC(F)(F)F)c(C(F)(F)F)cc1CO. The lowest BCUT2D eigenvalue weighted by atomic mass is 10.2. The number of aliphatic hydroxyl groups is 1. The maximum atomic E-state index is 12.6. The highest BCUT2D eigenvalue weighted by Crippen LogP contribution is 2.39. The molecule has 4 nitrogen and oxygen atoms in total. The molecule has 0 bridgehead atoms. The van der Waals surface area contributed by atoms with E-state index in [2.05, 4.69) is 14.5 Å². The Kier molecular flexibility index (Phi) is 4.13. The summed E-state index contributed by atoms with van der Waals surface area (Å²) in [4.78, 5) is 2.97. The van der Waals surface area contributed by atoms with Crippen LogP contribution in [0.2, 0.25) is 0 Å². The van der Waals surface area contributed by atoms with Gasteiger partial charge in [-0.2, -0.15) is 18.2 Å². The fraction of sp³-hybridized carbons (Fsp3) is 0.444. The first kappa shape index (κ1) is 15.3. The summed E-state index contributed by atoms with van der Waals surface area (Å²) in [5.74, 6) is -2.27. The zero-order valence-electron chi connectivity index (χ0n) is 9.26. The predicted molar refractivity (Wildman–Crippen MR) is 48.4 cm³/mol. The molecule has 1 aromatic heterocycles. The first-order valence-electron chi connectivity index (χ1n) is 4.60. The summed E-state index contributed by atoms with van der Waals surface area (Å²) in [6.07, 6.45) is -10.5. The van der Waals surface area contributed by atoms with Crippen molar-refractivity contribution in [3.8, 4) is 11.8 Å². The van der Waals surface area contributed by atoms with Gasteiger partial charge in [0.1, 0.15) is 5.56 Å². The van der Waals surface area contributed by atoms with Crippen LogP contribution in [0, 0.1) is 0 Å². The van der Waals surface area contributed by atoms with Crippen LogP contribution in [-0.2, 0) is 12.8 Å². The second-order valence-corrected chi connectivity index (χ2v) is 3.21. The Morgan fingerprint density at radius 2 is 1.74 bits per heavy atom. The second-order valence-electron chi connectivity index (χ2n) is 3.21. The Labute approximate surface area is 102 Å². The standard InChI is InChI=1S/C9H7F6NO3/c1-18-6-4(3-17)2-5(8(10,11)12)7(16-6)19-9(13,14)15/h2,17H,3H2,1H3. The minimum atomic E-state index is -5.33. The summed E-state index contributed by atoms with van der Waals surface area (Å²) >= 11 is 0. The fourth-order valence-corrected chi connectivity index (χ4v) is 1.20. The summed E-state index contributed by atoms with van der Waals surface area (Å²) in [5.41, 5.74) is -2.17. The molecule has 0 aliphatic carbocycles. The minimum Gasteiger partial charge on any atom is -0.481 e. The van der Waals surface area contributed by atoms with E-state index in [1.54, 1.807) is 0 Å². The third-order valence-electron chi connectivity index (χ3n) is 1.91. The maximum absolute atomic E-state index is 12.6. The molecule has 0 aromatic carbocycles. The number of nitrogens with zero attached hydrogens (tertiary/aromatic N) is 1. The molecule has 108 valence electrons. The van der Waals surface area contributed by atoms with Gasteiger partial charge in [-0.25, -0.2) is 0 Å². The van der Waals surface area contributed by atoms with Crippen molar-refractivity contribution in [2.24, 2.45) is 0 Å².